The van der Waals surface area contributed by atoms with E-state index in [9.17, 15) is 0 Å². The third-order valence-corrected chi connectivity index (χ3v) is 16.2. The molecular weight excluding hydrogens is 893 g/mol. The van der Waals surface area contributed by atoms with Crippen molar-refractivity contribution < 1.29 is 4.42 Å². The number of rotatable bonds is 6. The minimum Gasteiger partial charge on any atom is -0.456 e. The van der Waals surface area contributed by atoms with E-state index < -0.39 is 0 Å². The Morgan fingerprint density at radius 1 is 0.329 bits per heavy atom. The van der Waals surface area contributed by atoms with Crippen LogP contribution in [-0.4, -0.2) is 19.5 Å². The standard InChI is InChI=1S/C63H36N4OS2/c1-3-14-37(15-4-1)61-64-62(66-63(65-61)47-23-11-21-45-44-19-8-10-26-55(44)70-60(45)47)46-22-12-25-54-58(46)49-34-38(29-32-53(49)68-54)39-30-33-56-50(35-39)59-42(20-13-27-57(59)69-56)40-28-31-52-48(36-40)43-18-7-9-24-51(43)67(52)41-16-5-2-6-17-41/h1-36H. The number of benzene rings is 10. The van der Waals surface area contributed by atoms with Gasteiger partial charge in [-0.25, -0.2) is 15.0 Å². The molecule has 0 N–H and O–H groups in total. The van der Waals surface area contributed by atoms with Gasteiger partial charge in [0.15, 0.2) is 17.5 Å². The molecule has 0 saturated carbocycles. The molecule has 0 spiro atoms. The monoisotopic (exact) mass is 928 g/mol. The summed E-state index contributed by atoms with van der Waals surface area (Å²) in [6.45, 7) is 0. The molecule has 0 fully saturated rings. The lowest BCUT2D eigenvalue weighted by Crippen LogP contribution is -2.00. The van der Waals surface area contributed by atoms with Crippen LogP contribution in [0.4, 0.5) is 0 Å². The van der Waals surface area contributed by atoms with Gasteiger partial charge in [0.2, 0.25) is 0 Å². The predicted octanol–water partition coefficient (Wildman–Crippen LogP) is 17.9. The summed E-state index contributed by atoms with van der Waals surface area (Å²) in [5, 5.41) is 9.44. The summed E-state index contributed by atoms with van der Waals surface area (Å²) in [6, 6.07) is 78.0. The van der Waals surface area contributed by atoms with Crippen LogP contribution in [0.3, 0.4) is 0 Å². The summed E-state index contributed by atoms with van der Waals surface area (Å²) < 4.78 is 13.9. The molecule has 5 heterocycles. The van der Waals surface area contributed by atoms with Crippen molar-refractivity contribution in [2.45, 2.75) is 0 Å². The average Bonchev–Trinajstić information content (AvgIpc) is 4.20. The van der Waals surface area contributed by atoms with Crippen LogP contribution in [0, 0.1) is 0 Å². The zero-order chi connectivity index (χ0) is 45.9. The Bertz CT molecular complexity index is 4600. The second-order valence-electron chi connectivity index (χ2n) is 17.9. The molecule has 0 aliphatic carbocycles. The lowest BCUT2D eigenvalue weighted by atomic mass is 9.96. The largest absolute Gasteiger partial charge is 0.456 e. The molecule has 10 aromatic carbocycles. The molecule has 5 aromatic heterocycles. The van der Waals surface area contributed by atoms with Gasteiger partial charge in [0.05, 0.1) is 11.0 Å². The van der Waals surface area contributed by atoms with E-state index in [-0.39, 0.29) is 0 Å². The van der Waals surface area contributed by atoms with Crippen LogP contribution in [0.15, 0.2) is 223 Å². The fourth-order valence-corrected chi connectivity index (χ4v) is 13.0. The highest BCUT2D eigenvalue weighted by Crippen LogP contribution is 2.45. The molecule has 7 heteroatoms. The number of furan rings is 1. The number of thiophene rings is 2. The third-order valence-electron chi connectivity index (χ3n) is 13.9. The van der Waals surface area contributed by atoms with Crippen LogP contribution < -0.4 is 0 Å². The molecule has 70 heavy (non-hydrogen) atoms. The Hall–Kier alpha value is -8.75. The van der Waals surface area contributed by atoms with Crippen LogP contribution in [0.25, 0.3) is 146 Å². The highest BCUT2D eigenvalue weighted by molar-refractivity contribution is 7.26. The maximum Gasteiger partial charge on any atom is 0.165 e. The van der Waals surface area contributed by atoms with Gasteiger partial charge in [0.1, 0.15) is 11.2 Å². The van der Waals surface area contributed by atoms with Gasteiger partial charge >= 0.3 is 0 Å². The molecule has 0 amide bonds. The van der Waals surface area contributed by atoms with Crippen LogP contribution in [0.5, 0.6) is 0 Å². The summed E-state index contributed by atoms with van der Waals surface area (Å²) in [5.41, 5.74) is 12.7. The van der Waals surface area contributed by atoms with E-state index in [2.05, 4.69) is 193 Å². The number of nitrogens with zero attached hydrogens (tertiary/aromatic N) is 4. The first-order chi connectivity index (χ1) is 34.7. The van der Waals surface area contributed by atoms with Crippen molar-refractivity contribution >= 4 is 107 Å². The maximum absolute atomic E-state index is 6.62. The van der Waals surface area contributed by atoms with E-state index in [1.807, 2.05) is 41.7 Å². The molecule has 0 bridgehead atoms. The molecule has 0 atom stereocenters. The number of aromatic nitrogens is 4. The molecule has 326 valence electrons. The predicted molar refractivity (Wildman–Crippen MR) is 294 cm³/mol. The van der Waals surface area contributed by atoms with Gasteiger partial charge in [0.25, 0.3) is 0 Å². The van der Waals surface area contributed by atoms with Crippen LogP contribution in [0.2, 0.25) is 0 Å². The van der Waals surface area contributed by atoms with Crippen molar-refractivity contribution in [3.63, 3.8) is 0 Å². The van der Waals surface area contributed by atoms with E-state index in [0.29, 0.717) is 17.5 Å². The number of hydrogen-bond acceptors (Lipinski definition) is 6. The van der Waals surface area contributed by atoms with Gasteiger partial charge < -0.3 is 8.98 Å². The summed E-state index contributed by atoms with van der Waals surface area (Å²) in [5.74, 6) is 1.86. The second kappa shape index (κ2) is 15.4. The molecule has 5 nitrogen and oxygen atoms in total. The van der Waals surface area contributed by atoms with Crippen LogP contribution in [-0.2, 0) is 0 Å². The summed E-state index contributed by atoms with van der Waals surface area (Å²) in [7, 11) is 0. The molecule has 0 unspecified atom stereocenters. The van der Waals surface area contributed by atoms with E-state index in [1.165, 1.54) is 68.6 Å². The zero-order valence-corrected chi connectivity index (χ0v) is 38.9. The number of fused-ring (bicyclic) bond motifs is 12. The molecule has 0 aliphatic rings. The van der Waals surface area contributed by atoms with E-state index in [1.54, 1.807) is 11.3 Å². The summed E-state index contributed by atoms with van der Waals surface area (Å²) >= 11 is 3.63. The second-order valence-corrected chi connectivity index (χ2v) is 20.0. The third kappa shape index (κ3) is 6.05. The zero-order valence-electron chi connectivity index (χ0n) is 37.3. The minimum atomic E-state index is 0.599. The average molecular weight is 929 g/mol. The fraction of sp³-hybridized carbons (Fsp3) is 0. The van der Waals surface area contributed by atoms with Crippen molar-refractivity contribution in [3.8, 4) is 62.1 Å². The summed E-state index contributed by atoms with van der Waals surface area (Å²) in [6.07, 6.45) is 0. The van der Waals surface area contributed by atoms with Gasteiger partial charge in [-0.1, -0.05) is 140 Å². The Morgan fingerprint density at radius 3 is 1.83 bits per heavy atom. The smallest absolute Gasteiger partial charge is 0.165 e. The Morgan fingerprint density at radius 2 is 0.943 bits per heavy atom. The first-order valence-corrected chi connectivity index (χ1v) is 25.0. The van der Waals surface area contributed by atoms with Gasteiger partial charge in [-0.3, -0.25) is 0 Å². The molecule has 15 aromatic rings. The van der Waals surface area contributed by atoms with Gasteiger partial charge in [-0.05, 0) is 101 Å². The quantitative estimate of drug-likeness (QED) is 0.167. The highest BCUT2D eigenvalue weighted by atomic mass is 32.1. The molecule has 0 radical (unpaired) electrons. The van der Waals surface area contributed by atoms with E-state index >= 15 is 0 Å². The first kappa shape index (κ1) is 39.3. The van der Waals surface area contributed by atoms with Crippen molar-refractivity contribution in [2.75, 3.05) is 0 Å². The van der Waals surface area contributed by atoms with Crippen molar-refractivity contribution in [2.24, 2.45) is 0 Å². The Kier molecular flexibility index (Phi) is 8.63. The van der Waals surface area contributed by atoms with Gasteiger partial charge in [0, 0.05) is 84.3 Å². The first-order valence-electron chi connectivity index (χ1n) is 23.4. The van der Waals surface area contributed by atoms with Crippen molar-refractivity contribution in [3.05, 3.63) is 218 Å². The molecular formula is C63H36N4OS2. The summed E-state index contributed by atoms with van der Waals surface area (Å²) in [4.78, 5) is 15.7. The van der Waals surface area contributed by atoms with Crippen molar-refractivity contribution in [1.29, 1.82) is 0 Å². The SMILES string of the molecule is c1ccc(-c2nc(-c3cccc4c3sc3ccccc34)nc(-c3cccc4oc5ccc(-c6ccc7sc8cccc(-c9ccc%10c(c9)c9ccccc9n%10-c9ccccc9)c8c7c6)cc5c34)n2)cc1. The lowest BCUT2D eigenvalue weighted by molar-refractivity contribution is 0.669. The fourth-order valence-electron chi connectivity index (χ4n) is 10.7. The van der Waals surface area contributed by atoms with Crippen molar-refractivity contribution in [1.82, 2.24) is 19.5 Å². The van der Waals surface area contributed by atoms with Gasteiger partial charge in [-0.15, -0.1) is 22.7 Å². The number of para-hydroxylation sites is 2. The normalized spacial score (nSPS) is 12.0. The maximum atomic E-state index is 6.62. The van der Waals surface area contributed by atoms with E-state index in [0.717, 1.165) is 60.1 Å². The number of hydrogen-bond donors (Lipinski definition) is 0. The van der Waals surface area contributed by atoms with Gasteiger partial charge in [-0.2, -0.15) is 0 Å². The lowest BCUT2D eigenvalue weighted by Gasteiger charge is -2.10. The topological polar surface area (TPSA) is 56.7 Å². The minimum absolute atomic E-state index is 0.599. The molecule has 0 aliphatic heterocycles. The Balaban J connectivity index is 0.882. The van der Waals surface area contributed by atoms with Crippen LogP contribution >= 0.6 is 22.7 Å². The van der Waals surface area contributed by atoms with E-state index in [4.69, 9.17) is 19.4 Å². The Labute approximate surface area is 408 Å². The molecule has 0 saturated heterocycles. The highest BCUT2D eigenvalue weighted by Gasteiger charge is 2.21. The van der Waals surface area contributed by atoms with Crippen LogP contribution in [0.1, 0.15) is 0 Å². The molecule has 15 rings (SSSR count).